The Labute approximate surface area is 189 Å². The van der Waals surface area contributed by atoms with E-state index in [2.05, 4.69) is 31.1 Å². The van der Waals surface area contributed by atoms with Gasteiger partial charge >= 0.3 is 6.09 Å². The largest absolute Gasteiger partial charge is 0.444 e. The number of alkyl carbamates (subject to hydrolysis) is 1. The van der Waals surface area contributed by atoms with Crippen LogP contribution in [0.25, 0.3) is 0 Å². The number of fused-ring (bicyclic) bond motifs is 1. The van der Waals surface area contributed by atoms with Crippen molar-refractivity contribution in [2.75, 3.05) is 6.54 Å². The Morgan fingerprint density at radius 2 is 1.94 bits per heavy atom. The molecule has 2 N–H and O–H groups in total. The zero-order chi connectivity index (χ0) is 22.8. The molecule has 1 atom stereocenters. The molecule has 31 heavy (non-hydrogen) atoms. The average Bonchev–Trinajstić information content (AvgIpc) is 3.08. The minimum Gasteiger partial charge on any atom is -0.444 e. The van der Waals surface area contributed by atoms with Crippen LogP contribution in [0.1, 0.15) is 43.2 Å². The first-order valence-electron chi connectivity index (χ1n) is 9.79. The van der Waals surface area contributed by atoms with E-state index in [0.29, 0.717) is 25.2 Å². The van der Waals surface area contributed by atoms with Gasteiger partial charge in [0.1, 0.15) is 5.60 Å². The molecule has 2 amide bonds. The quantitative estimate of drug-likeness (QED) is 0.635. The van der Waals surface area contributed by atoms with Crippen molar-refractivity contribution in [3.05, 3.63) is 46.2 Å². The second-order valence-corrected chi connectivity index (χ2v) is 11.0. The SMILES string of the molecule is CC(C)(C)OC(=O)NCC1CCn2ncc(C(=O)NS(=O)(=O)c3ccc(Br)cc3)c2C1. The van der Waals surface area contributed by atoms with Crippen molar-refractivity contribution in [3.8, 4) is 0 Å². The van der Waals surface area contributed by atoms with E-state index in [1.54, 1.807) is 37.6 Å². The van der Waals surface area contributed by atoms with Crippen LogP contribution >= 0.6 is 15.9 Å². The summed E-state index contributed by atoms with van der Waals surface area (Å²) in [4.78, 5) is 24.6. The van der Waals surface area contributed by atoms with E-state index in [9.17, 15) is 18.0 Å². The highest BCUT2D eigenvalue weighted by Gasteiger charge is 2.28. The van der Waals surface area contributed by atoms with E-state index >= 15 is 0 Å². The molecule has 0 aliphatic carbocycles. The van der Waals surface area contributed by atoms with Gasteiger partial charge in [-0.3, -0.25) is 9.48 Å². The normalized spacial score (nSPS) is 16.3. The molecular formula is C20H25BrN4O5S. The number of aryl methyl sites for hydroxylation is 1. The lowest BCUT2D eigenvalue weighted by molar-refractivity contribution is 0.0516. The average molecular weight is 513 g/mol. The van der Waals surface area contributed by atoms with E-state index in [0.717, 1.165) is 10.9 Å². The summed E-state index contributed by atoms with van der Waals surface area (Å²) in [7, 11) is -4.01. The molecule has 0 radical (unpaired) electrons. The molecule has 1 aromatic carbocycles. The molecular weight excluding hydrogens is 488 g/mol. The van der Waals surface area contributed by atoms with Crippen LogP contribution in [0.15, 0.2) is 39.8 Å². The Morgan fingerprint density at radius 3 is 2.58 bits per heavy atom. The van der Waals surface area contributed by atoms with Gasteiger partial charge in [-0.25, -0.2) is 17.9 Å². The van der Waals surface area contributed by atoms with E-state index in [-0.39, 0.29) is 16.4 Å². The van der Waals surface area contributed by atoms with Gasteiger partial charge in [-0.2, -0.15) is 5.10 Å². The molecule has 0 spiro atoms. The molecule has 168 valence electrons. The lowest BCUT2D eigenvalue weighted by atomic mass is 9.94. The summed E-state index contributed by atoms with van der Waals surface area (Å²) < 4.78 is 34.9. The number of rotatable bonds is 5. The van der Waals surface area contributed by atoms with Gasteiger partial charge in [-0.15, -0.1) is 0 Å². The molecule has 1 aliphatic heterocycles. The van der Waals surface area contributed by atoms with Crippen LogP contribution in [-0.4, -0.2) is 42.3 Å². The van der Waals surface area contributed by atoms with Gasteiger partial charge in [-0.05, 0) is 63.8 Å². The molecule has 0 fully saturated rings. The van der Waals surface area contributed by atoms with E-state index in [1.165, 1.54) is 18.3 Å². The summed E-state index contributed by atoms with van der Waals surface area (Å²) in [5.41, 5.74) is 0.273. The highest BCUT2D eigenvalue weighted by atomic mass is 79.9. The molecule has 2 heterocycles. The molecule has 1 unspecified atom stereocenters. The molecule has 9 nitrogen and oxygen atoms in total. The smallest absolute Gasteiger partial charge is 0.407 e. The van der Waals surface area contributed by atoms with Crippen molar-refractivity contribution in [3.63, 3.8) is 0 Å². The van der Waals surface area contributed by atoms with Crippen LogP contribution < -0.4 is 10.0 Å². The monoisotopic (exact) mass is 512 g/mol. The molecule has 1 aliphatic rings. The number of amides is 2. The van der Waals surface area contributed by atoms with Crippen LogP contribution in [0.4, 0.5) is 4.79 Å². The van der Waals surface area contributed by atoms with Crippen molar-refractivity contribution in [2.45, 2.75) is 50.7 Å². The number of carbonyl (C=O) groups is 2. The molecule has 0 saturated carbocycles. The fourth-order valence-electron chi connectivity index (χ4n) is 3.25. The number of nitrogens with one attached hydrogen (secondary N) is 2. The topological polar surface area (TPSA) is 119 Å². The summed E-state index contributed by atoms with van der Waals surface area (Å²) in [5, 5.41) is 6.97. The van der Waals surface area contributed by atoms with Gasteiger partial charge in [-0.1, -0.05) is 15.9 Å². The third-order valence-electron chi connectivity index (χ3n) is 4.71. The van der Waals surface area contributed by atoms with Gasteiger partial charge in [0, 0.05) is 17.6 Å². The number of ether oxygens (including phenoxy) is 1. The Balaban J connectivity index is 1.66. The Hall–Kier alpha value is -2.40. The van der Waals surface area contributed by atoms with Crippen molar-refractivity contribution >= 4 is 38.0 Å². The number of hydrogen-bond acceptors (Lipinski definition) is 6. The van der Waals surface area contributed by atoms with Crippen LogP contribution in [0, 0.1) is 5.92 Å². The zero-order valence-electron chi connectivity index (χ0n) is 17.5. The van der Waals surface area contributed by atoms with E-state index < -0.39 is 27.6 Å². The number of hydrogen-bond donors (Lipinski definition) is 2. The van der Waals surface area contributed by atoms with Gasteiger partial charge in [0.15, 0.2) is 0 Å². The summed E-state index contributed by atoms with van der Waals surface area (Å²) in [6.45, 7) is 6.33. The van der Waals surface area contributed by atoms with Crippen molar-refractivity contribution in [1.82, 2.24) is 19.8 Å². The standard InChI is InChI=1S/C20H25BrN4O5S/c1-20(2,3)30-19(27)22-11-13-8-9-25-17(10-13)16(12-23-25)18(26)24-31(28,29)15-6-4-14(21)5-7-15/h4-7,12-13H,8-11H2,1-3H3,(H,22,27)(H,24,26). The van der Waals surface area contributed by atoms with Gasteiger partial charge < -0.3 is 10.1 Å². The summed E-state index contributed by atoms with van der Waals surface area (Å²) in [6, 6.07) is 5.99. The maximum Gasteiger partial charge on any atom is 0.407 e. The number of carbonyl (C=O) groups excluding carboxylic acids is 2. The highest BCUT2D eigenvalue weighted by Crippen LogP contribution is 2.23. The summed E-state index contributed by atoms with van der Waals surface area (Å²) >= 11 is 3.25. The molecule has 0 saturated heterocycles. The van der Waals surface area contributed by atoms with Crippen molar-refractivity contribution < 1.29 is 22.7 Å². The second kappa shape index (κ2) is 8.99. The number of aromatic nitrogens is 2. The Morgan fingerprint density at radius 1 is 1.26 bits per heavy atom. The number of halogens is 1. The molecule has 1 aromatic heterocycles. The Bertz CT molecular complexity index is 1070. The fourth-order valence-corrected chi connectivity index (χ4v) is 4.49. The lowest BCUT2D eigenvalue weighted by Gasteiger charge is -2.25. The summed E-state index contributed by atoms with van der Waals surface area (Å²) in [5.74, 6) is -0.656. The number of sulfonamides is 1. The van der Waals surface area contributed by atoms with Crippen LogP contribution in [-0.2, 0) is 27.7 Å². The summed E-state index contributed by atoms with van der Waals surface area (Å²) in [6.07, 6.45) is 2.13. The minimum atomic E-state index is -4.01. The number of nitrogens with zero attached hydrogens (tertiary/aromatic N) is 2. The van der Waals surface area contributed by atoms with Gasteiger partial charge in [0.25, 0.3) is 15.9 Å². The van der Waals surface area contributed by atoms with Gasteiger partial charge in [0.2, 0.25) is 0 Å². The first kappa shape index (κ1) is 23.3. The number of benzene rings is 1. The third-order valence-corrected chi connectivity index (χ3v) is 6.59. The van der Waals surface area contributed by atoms with Gasteiger partial charge in [0.05, 0.1) is 22.3 Å². The van der Waals surface area contributed by atoms with Crippen LogP contribution in [0.3, 0.4) is 0 Å². The second-order valence-electron chi connectivity index (χ2n) is 8.36. The van der Waals surface area contributed by atoms with Crippen molar-refractivity contribution in [2.24, 2.45) is 5.92 Å². The van der Waals surface area contributed by atoms with Crippen LogP contribution in [0.5, 0.6) is 0 Å². The first-order chi connectivity index (χ1) is 14.4. The predicted molar refractivity (Wildman–Crippen MR) is 117 cm³/mol. The van der Waals surface area contributed by atoms with Crippen LogP contribution in [0.2, 0.25) is 0 Å². The van der Waals surface area contributed by atoms with E-state index in [1.807, 2.05) is 0 Å². The fraction of sp³-hybridized carbons (Fsp3) is 0.450. The maximum absolute atomic E-state index is 12.7. The zero-order valence-corrected chi connectivity index (χ0v) is 19.9. The highest BCUT2D eigenvalue weighted by molar-refractivity contribution is 9.10. The lowest BCUT2D eigenvalue weighted by Crippen LogP contribution is -2.37. The first-order valence-corrected chi connectivity index (χ1v) is 12.1. The third kappa shape index (κ3) is 6.07. The van der Waals surface area contributed by atoms with Crippen molar-refractivity contribution in [1.29, 1.82) is 0 Å². The predicted octanol–water partition coefficient (Wildman–Crippen LogP) is 2.85. The molecule has 11 heteroatoms. The van der Waals surface area contributed by atoms with E-state index in [4.69, 9.17) is 4.74 Å². The maximum atomic E-state index is 12.7. The molecule has 2 aromatic rings. The molecule has 0 bridgehead atoms. The Kier molecular flexibility index (Phi) is 6.75. The minimum absolute atomic E-state index is 0.00970. The molecule has 3 rings (SSSR count).